The van der Waals surface area contributed by atoms with Gasteiger partial charge in [0.05, 0.1) is 23.0 Å². The van der Waals surface area contributed by atoms with Gasteiger partial charge in [-0.1, -0.05) is 24.3 Å². The number of benzene rings is 2. The third-order valence-corrected chi connectivity index (χ3v) is 5.50. The van der Waals surface area contributed by atoms with E-state index < -0.39 is 0 Å². The largest absolute Gasteiger partial charge is 0.306 e. The van der Waals surface area contributed by atoms with Crippen LogP contribution in [0.25, 0.3) is 5.69 Å². The minimum atomic E-state index is -0.247. The fourth-order valence-corrected chi connectivity index (χ4v) is 4.09. The fourth-order valence-electron chi connectivity index (χ4n) is 4.09. The zero-order chi connectivity index (χ0) is 20.4. The Bertz CT molecular complexity index is 1090. The van der Waals surface area contributed by atoms with Crippen molar-refractivity contribution in [3.05, 3.63) is 94.6 Å². The minimum Gasteiger partial charge on any atom is -0.306 e. The van der Waals surface area contributed by atoms with E-state index in [9.17, 15) is 4.39 Å². The van der Waals surface area contributed by atoms with Crippen LogP contribution in [0.15, 0.2) is 60.7 Å². The number of aryl methyl sites for hydroxylation is 1. The second-order valence-corrected chi connectivity index (χ2v) is 7.50. The first-order chi connectivity index (χ1) is 14.0. The van der Waals surface area contributed by atoms with Crippen LogP contribution in [0.3, 0.4) is 0 Å². The van der Waals surface area contributed by atoms with Crippen LogP contribution >= 0.6 is 0 Å². The number of nitrogens with one attached hydrogen (secondary N) is 1. The molecule has 0 radical (unpaired) electrons. The number of halogens is 1. The van der Waals surface area contributed by atoms with Crippen LogP contribution in [0.1, 0.15) is 40.4 Å². The molecule has 2 atom stereocenters. The summed E-state index contributed by atoms with van der Waals surface area (Å²) in [6.45, 7) is 4.83. The van der Waals surface area contributed by atoms with Crippen molar-refractivity contribution in [3.8, 4) is 11.8 Å². The van der Waals surface area contributed by atoms with Crippen molar-refractivity contribution in [2.45, 2.75) is 38.8 Å². The average Bonchev–Trinajstić information content (AvgIpc) is 3.31. The number of hydrogen-bond acceptors (Lipinski definition) is 3. The number of nitrogens with zero attached hydrogens (tertiary/aromatic N) is 3. The highest BCUT2D eigenvalue weighted by Gasteiger charge is 2.26. The van der Waals surface area contributed by atoms with Gasteiger partial charge in [-0.2, -0.15) is 10.4 Å². The Kier molecular flexibility index (Phi) is 5.28. The van der Waals surface area contributed by atoms with Gasteiger partial charge in [-0.05, 0) is 62.2 Å². The summed E-state index contributed by atoms with van der Waals surface area (Å²) in [5.74, 6) is 0.0515. The molecule has 29 heavy (non-hydrogen) atoms. The molecule has 0 unspecified atom stereocenters. The molecule has 3 aromatic rings. The molecule has 1 aliphatic rings. The summed E-state index contributed by atoms with van der Waals surface area (Å²) in [5, 5.41) is 17.3. The molecular weight excluding hydrogens is 363 g/mol. The van der Waals surface area contributed by atoms with Gasteiger partial charge >= 0.3 is 0 Å². The molecule has 4 rings (SSSR count). The lowest BCUT2D eigenvalue weighted by Gasteiger charge is -2.15. The van der Waals surface area contributed by atoms with Crippen LogP contribution in [-0.4, -0.2) is 15.8 Å². The summed E-state index contributed by atoms with van der Waals surface area (Å²) >= 11 is 0. The number of aromatic nitrogens is 2. The molecule has 0 spiro atoms. The maximum absolute atomic E-state index is 13.3. The maximum atomic E-state index is 13.3. The zero-order valence-corrected chi connectivity index (χ0v) is 16.6. The molecular formula is C24H23FN4. The molecule has 0 saturated heterocycles. The van der Waals surface area contributed by atoms with Crippen LogP contribution in [0.4, 0.5) is 4.39 Å². The monoisotopic (exact) mass is 386 g/mol. The van der Waals surface area contributed by atoms with Gasteiger partial charge in [-0.15, -0.1) is 0 Å². The Labute approximate surface area is 170 Å². The lowest BCUT2D eigenvalue weighted by Crippen LogP contribution is -2.25. The summed E-state index contributed by atoms with van der Waals surface area (Å²) < 4.78 is 15.1. The molecule has 0 amide bonds. The van der Waals surface area contributed by atoms with Crippen molar-refractivity contribution in [3.63, 3.8) is 0 Å². The van der Waals surface area contributed by atoms with E-state index in [1.807, 2.05) is 35.9 Å². The number of allylic oxidation sites excluding steroid dienone is 1. The fraction of sp³-hybridized carbons (Fsp3) is 0.250. The van der Waals surface area contributed by atoms with E-state index in [1.165, 1.54) is 17.7 Å². The smallest absolute Gasteiger partial charge is 0.123 e. The van der Waals surface area contributed by atoms with Crippen molar-refractivity contribution in [2.24, 2.45) is 0 Å². The quantitative estimate of drug-likeness (QED) is 0.647. The van der Waals surface area contributed by atoms with Gasteiger partial charge in [0.2, 0.25) is 0 Å². The first-order valence-corrected chi connectivity index (χ1v) is 9.78. The van der Waals surface area contributed by atoms with Gasteiger partial charge in [-0.3, -0.25) is 0 Å². The summed E-state index contributed by atoms with van der Waals surface area (Å²) in [5.41, 5.74) is 5.99. The summed E-state index contributed by atoms with van der Waals surface area (Å²) in [4.78, 5) is 0. The Hall–Kier alpha value is -3.23. The van der Waals surface area contributed by atoms with E-state index in [0.717, 1.165) is 35.6 Å². The van der Waals surface area contributed by atoms with Crippen LogP contribution in [0.5, 0.6) is 0 Å². The van der Waals surface area contributed by atoms with E-state index in [4.69, 9.17) is 10.4 Å². The number of rotatable bonds is 5. The molecule has 0 fully saturated rings. The lowest BCUT2D eigenvalue weighted by atomic mass is 9.96. The summed E-state index contributed by atoms with van der Waals surface area (Å²) in [6, 6.07) is 16.6. The van der Waals surface area contributed by atoms with Gasteiger partial charge < -0.3 is 5.32 Å². The highest BCUT2D eigenvalue weighted by atomic mass is 19.1. The number of hydrogen-bond donors (Lipinski definition) is 1. The normalized spacial score (nSPS) is 18.1. The van der Waals surface area contributed by atoms with E-state index in [-0.39, 0.29) is 11.9 Å². The molecule has 2 aromatic carbocycles. The Morgan fingerprint density at radius 3 is 2.72 bits per heavy atom. The molecule has 5 heteroatoms. The van der Waals surface area contributed by atoms with Crippen molar-refractivity contribution in [2.75, 3.05) is 0 Å². The second-order valence-electron chi connectivity index (χ2n) is 7.50. The van der Waals surface area contributed by atoms with Crippen LogP contribution < -0.4 is 5.32 Å². The van der Waals surface area contributed by atoms with E-state index in [0.29, 0.717) is 11.5 Å². The van der Waals surface area contributed by atoms with Crippen molar-refractivity contribution in [1.82, 2.24) is 15.1 Å². The summed E-state index contributed by atoms with van der Waals surface area (Å²) in [7, 11) is 0. The minimum absolute atomic E-state index is 0.247. The van der Waals surface area contributed by atoms with Crippen LogP contribution in [-0.2, 0) is 6.54 Å². The third-order valence-electron chi connectivity index (χ3n) is 5.50. The van der Waals surface area contributed by atoms with Crippen molar-refractivity contribution in [1.29, 1.82) is 5.26 Å². The second kappa shape index (κ2) is 8.02. The Balaban J connectivity index is 1.46. The van der Waals surface area contributed by atoms with Crippen molar-refractivity contribution < 1.29 is 4.39 Å². The Morgan fingerprint density at radius 2 is 1.97 bits per heavy atom. The first-order valence-electron chi connectivity index (χ1n) is 9.78. The molecule has 0 aliphatic heterocycles. The maximum Gasteiger partial charge on any atom is 0.123 e. The van der Waals surface area contributed by atoms with Gasteiger partial charge in [0.25, 0.3) is 0 Å². The van der Waals surface area contributed by atoms with Gasteiger partial charge in [0, 0.05) is 29.8 Å². The zero-order valence-electron chi connectivity index (χ0n) is 16.6. The molecule has 1 aromatic heterocycles. The molecule has 1 N–H and O–H groups in total. The number of nitriles is 1. The molecule has 0 bridgehead atoms. The SMILES string of the molecule is Cc1nn(-c2ccc(F)cc2)c(C)c1[C@H]1C=C[C@@H](NCc2cccc(C#N)c2)C1. The Morgan fingerprint density at radius 1 is 1.17 bits per heavy atom. The predicted molar refractivity (Wildman–Crippen MR) is 111 cm³/mol. The standard InChI is InChI=1S/C24H23FN4/c1-16-24(17(2)29(28-16)23-10-7-21(25)8-11-23)20-6-9-22(13-20)27-15-19-5-3-4-18(12-19)14-26/h3-12,20,22,27H,13,15H2,1-2H3/t20-,22+/m0/s1. The highest BCUT2D eigenvalue weighted by Crippen LogP contribution is 2.34. The van der Waals surface area contributed by atoms with Crippen molar-refractivity contribution >= 4 is 0 Å². The lowest BCUT2D eigenvalue weighted by molar-refractivity contribution is 0.559. The molecule has 1 aliphatic carbocycles. The van der Waals surface area contributed by atoms with Gasteiger partial charge in [-0.25, -0.2) is 9.07 Å². The predicted octanol–water partition coefficient (Wildman–Crippen LogP) is 4.70. The molecule has 146 valence electrons. The van der Waals surface area contributed by atoms with E-state index in [1.54, 1.807) is 12.1 Å². The van der Waals surface area contributed by atoms with Gasteiger partial charge in [0.1, 0.15) is 5.82 Å². The van der Waals surface area contributed by atoms with E-state index in [2.05, 4.69) is 30.5 Å². The highest BCUT2D eigenvalue weighted by molar-refractivity contribution is 5.41. The van der Waals surface area contributed by atoms with Crippen LogP contribution in [0.2, 0.25) is 0 Å². The topological polar surface area (TPSA) is 53.6 Å². The first kappa shape index (κ1) is 19.1. The molecule has 0 saturated carbocycles. The average molecular weight is 386 g/mol. The third kappa shape index (κ3) is 3.98. The summed E-state index contributed by atoms with van der Waals surface area (Å²) in [6.07, 6.45) is 5.43. The molecule has 4 nitrogen and oxygen atoms in total. The molecule has 1 heterocycles. The van der Waals surface area contributed by atoms with E-state index >= 15 is 0 Å². The van der Waals surface area contributed by atoms with Crippen LogP contribution in [0, 0.1) is 31.0 Å². The van der Waals surface area contributed by atoms with Gasteiger partial charge in [0.15, 0.2) is 0 Å².